The van der Waals surface area contributed by atoms with E-state index in [9.17, 15) is 14.6 Å². The molecule has 0 unspecified atom stereocenters. The largest absolute Gasteiger partial charge is 0.867 e. The predicted molar refractivity (Wildman–Crippen MR) is 122 cm³/mol. The summed E-state index contributed by atoms with van der Waals surface area (Å²) in [6.07, 6.45) is 3.33. The molecule has 4 rings (SSSR count). The number of aromatic nitrogens is 1. The molecule has 6 heteroatoms. The standard InChI is InChI=1S/C25H19FN2O2S/c26-20-12-10-19(11-13-20)24(30)23(28-14-4-5-17(15-28)16-29)25(31)27-22-9-3-7-18-6-1-2-8-21(18)22/h1-15,29H,16H2,(H-,27,30,31). The molecule has 0 aliphatic rings. The Bertz CT molecular complexity index is 1280. The van der Waals surface area contributed by atoms with Crippen molar-refractivity contribution in [1.82, 2.24) is 0 Å². The average molecular weight is 431 g/mol. The Labute approximate surface area is 184 Å². The number of hydrogen-bond donors (Lipinski definition) is 2. The van der Waals surface area contributed by atoms with Crippen LogP contribution in [0.2, 0.25) is 0 Å². The van der Waals surface area contributed by atoms with Crippen LogP contribution in [0.3, 0.4) is 0 Å². The lowest BCUT2D eigenvalue weighted by Crippen LogP contribution is -2.40. The number of fused-ring (bicyclic) bond motifs is 1. The highest BCUT2D eigenvalue weighted by molar-refractivity contribution is 7.81. The second kappa shape index (κ2) is 9.04. The molecule has 154 valence electrons. The van der Waals surface area contributed by atoms with Gasteiger partial charge < -0.3 is 15.5 Å². The molecule has 0 aliphatic heterocycles. The number of aliphatic hydroxyl groups excluding tert-OH is 1. The molecule has 1 aromatic heterocycles. The fourth-order valence-corrected chi connectivity index (χ4v) is 3.66. The Hall–Kier alpha value is -3.61. The quantitative estimate of drug-likeness (QED) is 0.218. The van der Waals surface area contributed by atoms with Gasteiger partial charge in [0.2, 0.25) is 5.70 Å². The van der Waals surface area contributed by atoms with E-state index < -0.39 is 5.82 Å². The molecule has 4 nitrogen and oxygen atoms in total. The number of rotatable bonds is 5. The number of benzene rings is 3. The molecular weight excluding hydrogens is 411 g/mol. The number of aliphatic hydroxyl groups is 1. The fourth-order valence-electron chi connectivity index (χ4n) is 3.35. The molecule has 3 aromatic carbocycles. The van der Waals surface area contributed by atoms with Crippen molar-refractivity contribution >= 4 is 45.1 Å². The molecule has 0 amide bonds. The van der Waals surface area contributed by atoms with Gasteiger partial charge in [0.05, 0.1) is 6.61 Å². The number of thiocarbonyl (C=S) groups is 1. The third-order valence-corrected chi connectivity index (χ3v) is 5.17. The first-order valence-corrected chi connectivity index (χ1v) is 10.1. The van der Waals surface area contributed by atoms with E-state index in [2.05, 4.69) is 5.32 Å². The Balaban J connectivity index is 1.82. The zero-order valence-corrected chi connectivity index (χ0v) is 17.3. The van der Waals surface area contributed by atoms with Crippen molar-refractivity contribution in [2.45, 2.75) is 6.61 Å². The van der Waals surface area contributed by atoms with Crippen molar-refractivity contribution in [3.63, 3.8) is 0 Å². The summed E-state index contributed by atoms with van der Waals surface area (Å²) in [5.74, 6) is -0.790. The summed E-state index contributed by atoms with van der Waals surface area (Å²) in [6.45, 7) is -0.178. The lowest BCUT2D eigenvalue weighted by molar-refractivity contribution is -0.578. The van der Waals surface area contributed by atoms with Gasteiger partial charge in [0.1, 0.15) is 5.82 Å². The van der Waals surface area contributed by atoms with Gasteiger partial charge in [-0.3, -0.25) is 0 Å². The van der Waals surface area contributed by atoms with Crippen molar-refractivity contribution < 1.29 is 19.2 Å². The van der Waals surface area contributed by atoms with E-state index in [1.165, 1.54) is 24.3 Å². The Morgan fingerprint density at radius 1 is 0.968 bits per heavy atom. The monoisotopic (exact) mass is 430 g/mol. The van der Waals surface area contributed by atoms with Gasteiger partial charge in [-0.2, -0.15) is 4.57 Å². The average Bonchev–Trinajstić information content (AvgIpc) is 2.80. The summed E-state index contributed by atoms with van der Waals surface area (Å²) in [7, 11) is 0. The van der Waals surface area contributed by atoms with Crippen molar-refractivity contribution in [1.29, 1.82) is 0 Å². The van der Waals surface area contributed by atoms with E-state index in [4.69, 9.17) is 12.2 Å². The second-order valence-corrected chi connectivity index (χ2v) is 7.35. The van der Waals surface area contributed by atoms with Gasteiger partial charge in [0.15, 0.2) is 17.4 Å². The first kappa shape index (κ1) is 20.7. The van der Waals surface area contributed by atoms with Crippen LogP contribution in [0.4, 0.5) is 10.1 Å². The maximum atomic E-state index is 13.4. The summed E-state index contributed by atoms with van der Waals surface area (Å²) in [4.78, 5) is 0.214. The van der Waals surface area contributed by atoms with Crippen LogP contribution >= 0.6 is 12.2 Å². The van der Waals surface area contributed by atoms with Gasteiger partial charge in [0, 0.05) is 22.7 Å². The van der Waals surface area contributed by atoms with Crippen LogP contribution in [0.25, 0.3) is 22.2 Å². The number of hydrogen-bond acceptors (Lipinski definition) is 3. The molecule has 4 aromatic rings. The minimum absolute atomic E-state index is 0.178. The van der Waals surface area contributed by atoms with E-state index in [1.807, 2.05) is 42.5 Å². The lowest BCUT2D eigenvalue weighted by Gasteiger charge is -2.18. The molecular formula is C25H19FN2O2S. The predicted octanol–water partition coefficient (Wildman–Crippen LogP) is 3.88. The Morgan fingerprint density at radius 3 is 2.48 bits per heavy atom. The summed E-state index contributed by atoms with van der Waals surface area (Å²) in [6, 6.07) is 22.5. The van der Waals surface area contributed by atoms with Gasteiger partial charge in [-0.1, -0.05) is 60.7 Å². The molecule has 2 N–H and O–H groups in total. The third kappa shape index (κ3) is 4.45. The molecule has 0 aliphatic carbocycles. The van der Waals surface area contributed by atoms with Crippen LogP contribution in [0, 0.1) is 5.82 Å². The second-order valence-electron chi connectivity index (χ2n) is 6.94. The molecule has 31 heavy (non-hydrogen) atoms. The number of anilines is 1. The highest BCUT2D eigenvalue weighted by Gasteiger charge is 2.20. The highest BCUT2D eigenvalue weighted by Crippen LogP contribution is 2.25. The van der Waals surface area contributed by atoms with E-state index >= 15 is 0 Å². The normalized spacial score (nSPS) is 11.8. The summed E-state index contributed by atoms with van der Waals surface area (Å²) in [5, 5.41) is 28.1. The summed E-state index contributed by atoms with van der Waals surface area (Å²) >= 11 is 5.66. The van der Waals surface area contributed by atoms with Gasteiger partial charge in [-0.05, 0) is 41.0 Å². The maximum absolute atomic E-state index is 13.4. The summed E-state index contributed by atoms with van der Waals surface area (Å²) < 4.78 is 15.0. The van der Waals surface area contributed by atoms with Crippen molar-refractivity contribution in [2.75, 3.05) is 5.32 Å². The molecule has 0 saturated carbocycles. The fraction of sp³-hybridized carbons (Fsp3) is 0.0400. The van der Waals surface area contributed by atoms with Crippen LogP contribution in [0.15, 0.2) is 91.3 Å². The van der Waals surface area contributed by atoms with Gasteiger partial charge >= 0.3 is 0 Å². The number of pyridine rings is 1. The molecule has 0 fully saturated rings. The third-order valence-electron chi connectivity index (χ3n) is 4.88. The Morgan fingerprint density at radius 2 is 1.71 bits per heavy atom. The number of nitrogens with zero attached hydrogens (tertiary/aromatic N) is 1. The number of halogens is 1. The first-order valence-electron chi connectivity index (χ1n) is 9.64. The zero-order valence-electron chi connectivity index (χ0n) is 16.5. The first-order chi connectivity index (χ1) is 15.1. The maximum Gasteiger partial charge on any atom is 0.238 e. The van der Waals surface area contributed by atoms with Crippen molar-refractivity contribution in [3.05, 3.63) is 108 Å². The molecule has 1 heterocycles. The SMILES string of the molecule is [O-]/C(=C(\C(=S)Nc1cccc2ccccc12)[n+]1cccc(CO)c1)c1ccc(F)cc1. The Kier molecular flexibility index (Phi) is 6.02. The topological polar surface area (TPSA) is 59.2 Å². The smallest absolute Gasteiger partial charge is 0.238 e. The van der Waals surface area contributed by atoms with E-state index in [-0.39, 0.29) is 23.1 Å². The molecule has 0 bridgehead atoms. The summed E-state index contributed by atoms with van der Waals surface area (Å²) in [5.41, 5.74) is 1.90. The van der Waals surface area contributed by atoms with Gasteiger partial charge in [-0.15, -0.1) is 0 Å². The van der Waals surface area contributed by atoms with Crippen molar-refractivity contribution in [2.24, 2.45) is 0 Å². The van der Waals surface area contributed by atoms with Crippen LogP contribution < -0.4 is 15.0 Å². The zero-order chi connectivity index (χ0) is 21.8. The highest BCUT2D eigenvalue weighted by atomic mass is 32.1. The molecule has 0 radical (unpaired) electrons. The van der Waals surface area contributed by atoms with Crippen LogP contribution in [0.5, 0.6) is 0 Å². The van der Waals surface area contributed by atoms with Crippen molar-refractivity contribution in [3.8, 4) is 0 Å². The molecule has 0 atom stereocenters. The van der Waals surface area contributed by atoms with Crippen LogP contribution in [-0.4, -0.2) is 10.1 Å². The van der Waals surface area contributed by atoms with E-state index in [0.29, 0.717) is 11.1 Å². The van der Waals surface area contributed by atoms with E-state index in [0.717, 1.165) is 16.5 Å². The molecule has 0 saturated heterocycles. The minimum Gasteiger partial charge on any atom is -0.867 e. The van der Waals surface area contributed by atoms with E-state index in [1.54, 1.807) is 29.1 Å². The number of nitrogens with one attached hydrogen (secondary N) is 1. The van der Waals surface area contributed by atoms with Crippen LogP contribution in [-0.2, 0) is 6.61 Å². The van der Waals surface area contributed by atoms with Gasteiger partial charge in [0.25, 0.3) is 0 Å². The minimum atomic E-state index is -0.426. The van der Waals surface area contributed by atoms with Gasteiger partial charge in [-0.25, -0.2) is 4.39 Å². The molecule has 0 spiro atoms. The lowest BCUT2D eigenvalue weighted by atomic mass is 10.1. The van der Waals surface area contributed by atoms with Crippen LogP contribution in [0.1, 0.15) is 11.1 Å².